The molecule has 0 radical (unpaired) electrons. The summed E-state index contributed by atoms with van der Waals surface area (Å²) in [6.45, 7) is 0.818. The molecule has 1 heterocycles. The number of anilines is 1. The number of hydrogen-bond acceptors (Lipinski definition) is 7. The first-order chi connectivity index (χ1) is 17.9. The largest absolute Gasteiger partial charge is 0.492 e. The number of ether oxygens (including phenoxy) is 2. The van der Waals surface area contributed by atoms with Crippen LogP contribution in [-0.4, -0.2) is 53.2 Å². The van der Waals surface area contributed by atoms with Crippen LogP contribution >= 0.6 is 0 Å². The van der Waals surface area contributed by atoms with E-state index in [2.05, 4.69) is 0 Å². The fourth-order valence-corrected chi connectivity index (χ4v) is 3.87. The normalized spacial score (nSPS) is 13.5. The van der Waals surface area contributed by atoms with Crippen molar-refractivity contribution < 1.29 is 33.9 Å². The number of non-ortho nitro benzene ring substituents is 1. The van der Waals surface area contributed by atoms with E-state index >= 15 is 0 Å². The summed E-state index contributed by atoms with van der Waals surface area (Å²) in [6.07, 6.45) is 0.119. The minimum absolute atomic E-state index is 0.0978. The lowest BCUT2D eigenvalue weighted by Crippen LogP contribution is -2.41. The Balaban J connectivity index is 1.52. The fourth-order valence-electron chi connectivity index (χ4n) is 3.87. The third-order valence-corrected chi connectivity index (χ3v) is 5.84. The van der Waals surface area contributed by atoms with Gasteiger partial charge in [-0.15, -0.1) is 5.06 Å². The molecule has 0 saturated carbocycles. The Kier molecular flexibility index (Phi) is 7.72. The number of amides is 2. The van der Waals surface area contributed by atoms with Gasteiger partial charge in [0, 0.05) is 37.6 Å². The molecule has 4 rings (SSSR count). The van der Waals surface area contributed by atoms with E-state index in [0.29, 0.717) is 42.9 Å². The molecule has 0 aromatic heterocycles. The number of para-hydroxylation sites is 1. The molecule has 37 heavy (non-hydrogen) atoms. The number of hydroxylamine groups is 1. The van der Waals surface area contributed by atoms with Gasteiger partial charge >= 0.3 is 6.09 Å². The van der Waals surface area contributed by atoms with Gasteiger partial charge in [0.1, 0.15) is 11.9 Å². The van der Waals surface area contributed by atoms with E-state index in [4.69, 9.17) is 19.4 Å². The maximum atomic E-state index is 13.5. The zero-order valence-electron chi connectivity index (χ0n) is 20.0. The molecule has 1 saturated heterocycles. The molecular weight excluding hydrogens is 482 g/mol. The lowest BCUT2D eigenvalue weighted by Gasteiger charge is -2.30. The van der Waals surface area contributed by atoms with Crippen LogP contribution < -0.4 is 19.4 Å². The highest BCUT2D eigenvalue weighted by molar-refractivity contribution is 6.05. The topological polar surface area (TPSA) is 132 Å². The van der Waals surface area contributed by atoms with E-state index in [1.807, 2.05) is 0 Å². The lowest BCUT2D eigenvalue weighted by molar-refractivity contribution is -0.385. The zero-order valence-corrected chi connectivity index (χ0v) is 20.0. The second-order valence-corrected chi connectivity index (χ2v) is 8.23. The molecule has 1 aliphatic rings. The predicted octanol–water partition coefficient (Wildman–Crippen LogP) is 4.77. The summed E-state index contributed by atoms with van der Waals surface area (Å²) in [4.78, 5) is 42.4. The molecule has 0 spiro atoms. The van der Waals surface area contributed by atoms with Crippen molar-refractivity contribution in [1.29, 1.82) is 0 Å². The van der Waals surface area contributed by atoms with Crippen LogP contribution in [-0.2, 0) is 0 Å². The third kappa shape index (κ3) is 6.07. The van der Waals surface area contributed by atoms with Gasteiger partial charge in [0.25, 0.3) is 11.6 Å². The summed E-state index contributed by atoms with van der Waals surface area (Å²) in [6, 6.07) is 19.1. The predicted molar refractivity (Wildman–Crippen MR) is 133 cm³/mol. The molecule has 11 heteroatoms. The molecule has 1 N–H and O–H groups in total. The number of carbonyl (C=O) groups is 2. The molecule has 2 amide bonds. The number of methoxy groups -OCH3 is 1. The SMILES string of the molecule is COc1cc([N+](=O)[O-])ccc1ON(C(=O)c1ccc(OC2CCN(C(=O)O)CC2)cc1)c1ccccc1. The molecule has 3 aromatic rings. The van der Waals surface area contributed by atoms with Crippen LogP contribution in [0.1, 0.15) is 23.2 Å². The maximum Gasteiger partial charge on any atom is 0.407 e. The Hall–Kier alpha value is -4.80. The van der Waals surface area contributed by atoms with Gasteiger partial charge in [-0.05, 0) is 42.5 Å². The Morgan fingerprint density at radius 1 is 1.00 bits per heavy atom. The highest BCUT2D eigenvalue weighted by atomic mass is 16.7. The first kappa shape index (κ1) is 25.3. The van der Waals surface area contributed by atoms with E-state index in [9.17, 15) is 19.7 Å². The minimum Gasteiger partial charge on any atom is -0.492 e. The Bertz CT molecular complexity index is 1260. The van der Waals surface area contributed by atoms with Crippen LogP contribution in [0.2, 0.25) is 0 Å². The van der Waals surface area contributed by atoms with Crippen molar-refractivity contribution in [2.75, 3.05) is 25.3 Å². The first-order valence-corrected chi connectivity index (χ1v) is 11.5. The van der Waals surface area contributed by atoms with Crippen LogP contribution in [0.25, 0.3) is 0 Å². The molecule has 3 aromatic carbocycles. The Morgan fingerprint density at radius 2 is 1.68 bits per heavy atom. The smallest absolute Gasteiger partial charge is 0.407 e. The monoisotopic (exact) mass is 507 g/mol. The summed E-state index contributed by atoms with van der Waals surface area (Å²) < 4.78 is 11.2. The van der Waals surface area contributed by atoms with Gasteiger partial charge in [-0.3, -0.25) is 14.9 Å². The maximum absolute atomic E-state index is 13.5. The zero-order chi connectivity index (χ0) is 26.4. The number of carboxylic acid groups (broad SMARTS) is 1. The van der Waals surface area contributed by atoms with Crippen molar-refractivity contribution in [2.45, 2.75) is 18.9 Å². The highest BCUT2D eigenvalue weighted by Gasteiger charge is 2.25. The van der Waals surface area contributed by atoms with Crippen LogP contribution in [0, 0.1) is 10.1 Å². The molecule has 0 unspecified atom stereocenters. The average Bonchev–Trinajstić information content (AvgIpc) is 2.92. The number of piperidine rings is 1. The summed E-state index contributed by atoms with van der Waals surface area (Å²) in [7, 11) is 1.35. The molecule has 0 bridgehead atoms. The first-order valence-electron chi connectivity index (χ1n) is 11.5. The van der Waals surface area contributed by atoms with E-state index in [-0.39, 0.29) is 23.3 Å². The van der Waals surface area contributed by atoms with E-state index in [1.165, 1.54) is 30.2 Å². The van der Waals surface area contributed by atoms with E-state index in [1.54, 1.807) is 54.6 Å². The van der Waals surface area contributed by atoms with Crippen molar-refractivity contribution in [2.24, 2.45) is 0 Å². The number of benzene rings is 3. The standard InChI is InChI=1S/C26H25N3O8/c1-35-24-17-20(29(33)34)9-12-23(24)37-28(19-5-3-2-4-6-19)25(30)18-7-10-21(11-8-18)36-22-13-15-27(16-14-22)26(31)32/h2-12,17,22H,13-16H2,1H3,(H,31,32). The number of rotatable bonds is 8. The molecule has 11 nitrogen and oxygen atoms in total. The van der Waals surface area contributed by atoms with Gasteiger partial charge in [0.15, 0.2) is 11.5 Å². The van der Waals surface area contributed by atoms with Crippen LogP contribution in [0.5, 0.6) is 17.2 Å². The number of likely N-dealkylation sites (tertiary alicyclic amines) is 1. The molecule has 1 fully saturated rings. The van der Waals surface area contributed by atoms with Crippen molar-refractivity contribution in [1.82, 2.24) is 4.90 Å². The molecule has 0 atom stereocenters. The summed E-state index contributed by atoms with van der Waals surface area (Å²) >= 11 is 0. The van der Waals surface area contributed by atoms with Crippen LogP contribution in [0.3, 0.4) is 0 Å². The van der Waals surface area contributed by atoms with Crippen molar-refractivity contribution >= 4 is 23.4 Å². The van der Waals surface area contributed by atoms with E-state index < -0.39 is 16.9 Å². The second kappa shape index (κ2) is 11.3. The molecule has 0 aliphatic carbocycles. The van der Waals surface area contributed by atoms with Crippen molar-refractivity contribution in [3.63, 3.8) is 0 Å². The lowest BCUT2D eigenvalue weighted by atomic mass is 10.1. The molecular formula is C26H25N3O8. The average molecular weight is 507 g/mol. The van der Waals surface area contributed by atoms with Gasteiger partial charge in [0.2, 0.25) is 0 Å². The molecule has 1 aliphatic heterocycles. The number of nitro groups is 1. The minimum atomic E-state index is -0.933. The number of carbonyl (C=O) groups excluding carboxylic acids is 1. The van der Waals surface area contributed by atoms with Gasteiger partial charge in [0.05, 0.1) is 23.8 Å². The number of hydrogen-bond donors (Lipinski definition) is 1. The Morgan fingerprint density at radius 3 is 2.27 bits per heavy atom. The van der Waals surface area contributed by atoms with Crippen molar-refractivity contribution in [3.8, 4) is 17.2 Å². The fraction of sp³-hybridized carbons (Fsp3) is 0.231. The van der Waals surface area contributed by atoms with Gasteiger partial charge in [-0.1, -0.05) is 18.2 Å². The molecule has 192 valence electrons. The second-order valence-electron chi connectivity index (χ2n) is 8.23. The van der Waals surface area contributed by atoms with Gasteiger partial charge < -0.3 is 24.3 Å². The number of nitro benzene ring substituents is 1. The summed E-state index contributed by atoms with van der Waals surface area (Å²) in [5.74, 6) is 0.307. The number of nitrogens with zero attached hydrogens (tertiary/aromatic N) is 3. The Labute approximate surface area is 212 Å². The van der Waals surface area contributed by atoms with Crippen molar-refractivity contribution in [3.05, 3.63) is 88.5 Å². The third-order valence-electron chi connectivity index (χ3n) is 5.84. The van der Waals surface area contributed by atoms with Crippen LogP contribution in [0.15, 0.2) is 72.8 Å². The van der Waals surface area contributed by atoms with Gasteiger partial charge in [-0.25, -0.2) is 4.79 Å². The quantitative estimate of drug-likeness (QED) is 0.341. The van der Waals surface area contributed by atoms with Gasteiger partial charge in [-0.2, -0.15) is 0 Å². The summed E-state index contributed by atoms with van der Waals surface area (Å²) in [5, 5.41) is 21.3. The van der Waals surface area contributed by atoms with Crippen LogP contribution in [0.4, 0.5) is 16.2 Å². The summed E-state index contributed by atoms with van der Waals surface area (Å²) in [5.41, 5.74) is 0.585. The van der Waals surface area contributed by atoms with E-state index in [0.717, 1.165) is 5.06 Å². The highest BCUT2D eigenvalue weighted by Crippen LogP contribution is 2.33.